The van der Waals surface area contributed by atoms with Crippen LogP contribution in [-0.2, 0) is 0 Å². The molecule has 0 radical (unpaired) electrons. The van der Waals surface area contributed by atoms with Crippen molar-refractivity contribution in [1.29, 1.82) is 0 Å². The molecule has 0 saturated carbocycles. The van der Waals surface area contributed by atoms with E-state index in [1.807, 2.05) is 13.0 Å². The van der Waals surface area contributed by atoms with Gasteiger partial charge in [0, 0.05) is 109 Å². The molecular weight excluding hydrogens is 588 g/mol. The molecule has 0 aromatic carbocycles. The lowest BCUT2D eigenvalue weighted by Gasteiger charge is -2.38. The summed E-state index contributed by atoms with van der Waals surface area (Å²) < 4.78 is 0. The second-order valence-electron chi connectivity index (χ2n) is 15.2. The summed E-state index contributed by atoms with van der Waals surface area (Å²) in [6.45, 7) is 22.4. The third kappa shape index (κ3) is 19.4. The van der Waals surface area contributed by atoms with Gasteiger partial charge in [0.25, 0.3) is 0 Å². The van der Waals surface area contributed by atoms with Crippen LogP contribution in [0.5, 0.6) is 0 Å². The van der Waals surface area contributed by atoms with Gasteiger partial charge in [-0.2, -0.15) is 0 Å². The summed E-state index contributed by atoms with van der Waals surface area (Å²) in [6.07, 6.45) is 9.97. The Labute approximate surface area is 292 Å². The zero-order valence-corrected chi connectivity index (χ0v) is 32.8. The first-order chi connectivity index (χ1) is 22.3. The van der Waals surface area contributed by atoms with Gasteiger partial charge in [-0.1, -0.05) is 25.8 Å². The fraction of sp³-hybridized carbons (Fsp3) is 0.946. The summed E-state index contributed by atoms with van der Waals surface area (Å²) in [4.78, 5) is 19.2. The fourth-order valence-electron chi connectivity index (χ4n) is 6.89. The Hall–Kier alpha value is -0.660. The Morgan fingerprint density at radius 3 is 1.34 bits per heavy atom. The number of piperazine rings is 4. The van der Waals surface area contributed by atoms with E-state index in [2.05, 4.69) is 109 Å². The molecule has 280 valence electrons. The Bertz CT molecular complexity index is 745. The molecule has 4 rings (SSSR count). The highest BCUT2D eigenvalue weighted by molar-refractivity contribution is 4.85. The highest BCUT2D eigenvalue weighted by Gasteiger charge is 2.24. The van der Waals surface area contributed by atoms with E-state index in [-0.39, 0.29) is 6.10 Å². The van der Waals surface area contributed by atoms with Gasteiger partial charge in [0.1, 0.15) is 0 Å². The number of hydrogen-bond acceptors (Lipinski definition) is 10. The lowest BCUT2D eigenvalue weighted by Crippen LogP contribution is -2.50. The van der Waals surface area contributed by atoms with Gasteiger partial charge in [0.15, 0.2) is 0 Å². The van der Waals surface area contributed by atoms with Crippen molar-refractivity contribution in [2.45, 2.75) is 89.1 Å². The number of aliphatic hydroxyl groups is 2. The average molecular weight is 669 g/mol. The Morgan fingerprint density at radius 2 is 0.957 bits per heavy atom. The first-order valence-electron chi connectivity index (χ1n) is 18.8. The standard InChI is InChI=1S/C10H22N2.2C9H20N2O.C9H18N2/c1-4-5-6-10-9-11(2)7-8-12(10)3;1-8(12)6-9-7-10(2)4-5-11(9)3;1-10-5-6-11(2)9(8-10)4-3-7-12;1-4-5-9-8-10(2)6-7-11(9)3/h10H,4-9H2,1-3H3;8-9,12H,4-7H2,1-3H3;9,12H,3-8H2,1-2H3;4,9H,1,5-8H2,2-3H3. The maximum absolute atomic E-state index is 9.26. The van der Waals surface area contributed by atoms with Gasteiger partial charge in [0.2, 0.25) is 0 Å². The molecular formula is C37H80N8O2. The molecule has 4 aliphatic rings. The molecule has 10 nitrogen and oxygen atoms in total. The lowest BCUT2D eigenvalue weighted by molar-refractivity contribution is 0.0702. The molecule has 5 atom stereocenters. The molecule has 0 spiro atoms. The minimum atomic E-state index is -0.177. The zero-order valence-electron chi connectivity index (χ0n) is 32.8. The summed E-state index contributed by atoms with van der Waals surface area (Å²) in [5, 5.41) is 18.0. The van der Waals surface area contributed by atoms with Crippen LogP contribution in [0.25, 0.3) is 0 Å². The van der Waals surface area contributed by atoms with Gasteiger partial charge < -0.3 is 49.4 Å². The second kappa shape index (κ2) is 25.3. The van der Waals surface area contributed by atoms with Crippen LogP contribution >= 0.6 is 0 Å². The van der Waals surface area contributed by atoms with Crippen LogP contribution in [0.2, 0.25) is 0 Å². The topological polar surface area (TPSA) is 66.4 Å². The first kappa shape index (κ1) is 44.4. The average Bonchev–Trinajstić information content (AvgIpc) is 3.02. The Morgan fingerprint density at radius 1 is 0.596 bits per heavy atom. The van der Waals surface area contributed by atoms with Crippen LogP contribution in [-0.4, -0.2) is 221 Å². The third-order valence-corrected chi connectivity index (χ3v) is 10.6. The van der Waals surface area contributed by atoms with Crippen molar-refractivity contribution in [1.82, 2.24) is 39.2 Å². The largest absolute Gasteiger partial charge is 0.396 e. The molecule has 0 aromatic rings. The molecule has 0 bridgehead atoms. The van der Waals surface area contributed by atoms with E-state index in [9.17, 15) is 5.11 Å². The number of nitrogens with zero attached hydrogens (tertiary/aromatic N) is 8. The minimum Gasteiger partial charge on any atom is -0.396 e. The molecule has 0 aromatic heterocycles. The van der Waals surface area contributed by atoms with Crippen molar-refractivity contribution in [3.63, 3.8) is 0 Å². The maximum Gasteiger partial charge on any atom is 0.0527 e. The predicted octanol–water partition coefficient (Wildman–Crippen LogP) is 2.24. The fourth-order valence-corrected chi connectivity index (χ4v) is 6.89. The van der Waals surface area contributed by atoms with E-state index in [1.165, 1.54) is 65.1 Å². The van der Waals surface area contributed by atoms with Gasteiger partial charge in [0.05, 0.1) is 6.10 Å². The molecule has 2 N–H and O–H groups in total. The summed E-state index contributed by atoms with van der Waals surface area (Å²) in [5.41, 5.74) is 0. The van der Waals surface area contributed by atoms with Crippen LogP contribution in [0, 0.1) is 0 Å². The maximum atomic E-state index is 9.26. The van der Waals surface area contributed by atoms with Crippen molar-refractivity contribution < 1.29 is 10.2 Å². The third-order valence-electron chi connectivity index (χ3n) is 10.6. The normalized spacial score (nSPS) is 28.7. The number of rotatable bonds is 10. The molecule has 4 heterocycles. The van der Waals surface area contributed by atoms with Crippen molar-refractivity contribution >= 4 is 0 Å². The van der Waals surface area contributed by atoms with E-state index < -0.39 is 0 Å². The molecule has 4 saturated heterocycles. The second-order valence-corrected chi connectivity index (χ2v) is 15.2. The SMILES string of the molecule is C=CCC1CN(C)CCN1C.CC(O)CC1CN(C)CCN1C.CCCCC1CN(C)CCN1C.CN1CCN(C)C(CCCO)C1. The van der Waals surface area contributed by atoms with Gasteiger partial charge >= 0.3 is 0 Å². The minimum absolute atomic E-state index is 0.177. The highest BCUT2D eigenvalue weighted by Crippen LogP contribution is 2.14. The number of likely N-dealkylation sites (N-methyl/N-ethyl adjacent to an activating group) is 8. The first-order valence-corrected chi connectivity index (χ1v) is 18.8. The van der Waals surface area contributed by atoms with Crippen molar-refractivity contribution in [3.8, 4) is 0 Å². The van der Waals surface area contributed by atoms with E-state index in [0.717, 1.165) is 64.4 Å². The molecule has 5 unspecified atom stereocenters. The van der Waals surface area contributed by atoms with E-state index in [4.69, 9.17) is 5.11 Å². The van der Waals surface area contributed by atoms with Crippen molar-refractivity contribution in [3.05, 3.63) is 12.7 Å². The summed E-state index contributed by atoms with van der Waals surface area (Å²) in [6, 6.07) is 2.68. The van der Waals surface area contributed by atoms with Crippen LogP contribution in [0.3, 0.4) is 0 Å². The summed E-state index contributed by atoms with van der Waals surface area (Å²) >= 11 is 0. The smallest absolute Gasteiger partial charge is 0.0527 e. The van der Waals surface area contributed by atoms with Crippen LogP contribution in [0.4, 0.5) is 0 Å². The Balaban J connectivity index is 0.000000314. The van der Waals surface area contributed by atoms with Gasteiger partial charge in [-0.25, -0.2) is 0 Å². The molecule has 47 heavy (non-hydrogen) atoms. The molecule has 0 amide bonds. The van der Waals surface area contributed by atoms with Crippen LogP contribution in [0.1, 0.15) is 58.8 Å². The van der Waals surface area contributed by atoms with Crippen molar-refractivity contribution in [2.24, 2.45) is 0 Å². The monoisotopic (exact) mass is 669 g/mol. The van der Waals surface area contributed by atoms with Gasteiger partial charge in [-0.15, -0.1) is 6.58 Å². The van der Waals surface area contributed by atoms with Crippen LogP contribution in [0.15, 0.2) is 12.7 Å². The van der Waals surface area contributed by atoms with Crippen molar-refractivity contribution in [2.75, 3.05) is 142 Å². The quantitative estimate of drug-likeness (QED) is 0.339. The number of aliphatic hydroxyl groups excluding tert-OH is 2. The van der Waals surface area contributed by atoms with E-state index >= 15 is 0 Å². The van der Waals surface area contributed by atoms with E-state index in [1.54, 1.807) is 0 Å². The summed E-state index contributed by atoms with van der Waals surface area (Å²) in [7, 11) is 17.5. The lowest BCUT2D eigenvalue weighted by atomic mass is 10.1. The molecule has 10 heteroatoms. The van der Waals surface area contributed by atoms with Gasteiger partial charge in [-0.05, 0) is 95.4 Å². The zero-order chi connectivity index (χ0) is 35.4. The van der Waals surface area contributed by atoms with Crippen LogP contribution < -0.4 is 0 Å². The van der Waals surface area contributed by atoms with E-state index in [0.29, 0.717) is 24.7 Å². The number of unbranched alkanes of at least 4 members (excludes halogenated alkanes) is 1. The number of hydrogen-bond donors (Lipinski definition) is 2. The predicted molar refractivity (Wildman–Crippen MR) is 203 cm³/mol. The summed E-state index contributed by atoms with van der Waals surface area (Å²) in [5.74, 6) is 0. The molecule has 4 aliphatic heterocycles. The molecule has 4 fully saturated rings. The highest BCUT2D eigenvalue weighted by atomic mass is 16.3. The molecule has 0 aliphatic carbocycles. The van der Waals surface area contributed by atoms with Gasteiger partial charge in [-0.3, -0.25) is 0 Å². The Kier molecular flexibility index (Phi) is 23.9.